The molecular weight excluding hydrogens is 425 g/mol. The average molecular weight is 454 g/mol. The van der Waals surface area contributed by atoms with Crippen LogP contribution in [0.25, 0.3) is 0 Å². The van der Waals surface area contributed by atoms with Gasteiger partial charge in [-0.3, -0.25) is 4.79 Å². The maximum atomic E-state index is 13.3. The molecule has 2 aromatic carbocycles. The van der Waals surface area contributed by atoms with Gasteiger partial charge in [0.1, 0.15) is 23.9 Å². The summed E-state index contributed by atoms with van der Waals surface area (Å²) in [5.74, 6) is 0.652. The summed E-state index contributed by atoms with van der Waals surface area (Å²) in [6.07, 6.45) is 2.23. The Morgan fingerprint density at radius 3 is 2.48 bits per heavy atom. The monoisotopic (exact) mass is 453 g/mol. The van der Waals surface area contributed by atoms with Gasteiger partial charge in [-0.05, 0) is 48.4 Å². The lowest BCUT2D eigenvalue weighted by molar-refractivity contribution is -0.133. The third kappa shape index (κ3) is 7.10. The van der Waals surface area contributed by atoms with Crippen LogP contribution >= 0.6 is 0 Å². The molecule has 0 spiro atoms. The van der Waals surface area contributed by atoms with E-state index in [2.05, 4.69) is 5.32 Å². The highest BCUT2D eigenvalue weighted by atomic mass is 19.1. The zero-order valence-electron chi connectivity index (χ0n) is 18.8. The van der Waals surface area contributed by atoms with Crippen LogP contribution in [0.15, 0.2) is 71.3 Å². The van der Waals surface area contributed by atoms with Crippen LogP contribution in [0.5, 0.6) is 5.75 Å². The Morgan fingerprint density at radius 1 is 1.03 bits per heavy atom. The third-order valence-corrected chi connectivity index (χ3v) is 4.99. The summed E-state index contributed by atoms with van der Waals surface area (Å²) in [6.45, 7) is 2.74. The molecule has 0 fully saturated rings. The number of benzene rings is 2. The van der Waals surface area contributed by atoms with E-state index in [0.29, 0.717) is 30.2 Å². The van der Waals surface area contributed by atoms with Crippen molar-refractivity contribution in [2.75, 3.05) is 25.5 Å². The third-order valence-electron chi connectivity index (χ3n) is 4.99. The smallest absolute Gasteiger partial charge is 0.322 e. The van der Waals surface area contributed by atoms with Crippen molar-refractivity contribution >= 4 is 17.6 Å². The van der Waals surface area contributed by atoms with Crippen LogP contribution in [0.4, 0.5) is 14.9 Å². The molecule has 0 aliphatic heterocycles. The number of furan rings is 1. The first-order chi connectivity index (χ1) is 16.0. The topological polar surface area (TPSA) is 75.0 Å². The number of methoxy groups -OCH3 is 1. The molecule has 33 heavy (non-hydrogen) atoms. The highest BCUT2D eigenvalue weighted by Crippen LogP contribution is 2.18. The molecule has 0 saturated heterocycles. The van der Waals surface area contributed by atoms with E-state index < -0.39 is 0 Å². The molecule has 0 radical (unpaired) electrons. The number of halogens is 1. The van der Waals surface area contributed by atoms with Gasteiger partial charge in [0, 0.05) is 24.8 Å². The lowest BCUT2D eigenvalue weighted by atomic mass is 10.2. The highest BCUT2D eigenvalue weighted by molar-refractivity contribution is 5.92. The maximum absolute atomic E-state index is 13.3. The molecule has 1 aromatic heterocycles. The summed E-state index contributed by atoms with van der Waals surface area (Å²) in [7, 11) is 1.55. The van der Waals surface area contributed by atoms with Crippen LogP contribution in [0.3, 0.4) is 0 Å². The number of carbonyl (C=O) groups is 2. The molecule has 3 aromatic rings. The van der Waals surface area contributed by atoms with E-state index in [4.69, 9.17) is 9.15 Å². The lowest BCUT2D eigenvalue weighted by Crippen LogP contribution is -2.44. The van der Waals surface area contributed by atoms with Gasteiger partial charge in [0.05, 0.1) is 19.9 Å². The highest BCUT2D eigenvalue weighted by Gasteiger charge is 2.22. The molecule has 174 valence electrons. The van der Waals surface area contributed by atoms with E-state index in [0.717, 1.165) is 5.56 Å². The number of hydrogen-bond acceptors (Lipinski definition) is 4. The fourth-order valence-electron chi connectivity index (χ4n) is 3.32. The average Bonchev–Trinajstić information content (AvgIpc) is 3.33. The van der Waals surface area contributed by atoms with Gasteiger partial charge in [0.2, 0.25) is 5.91 Å². The molecule has 8 heteroatoms. The molecule has 0 bridgehead atoms. The first-order valence-electron chi connectivity index (χ1n) is 10.7. The Labute approximate surface area is 192 Å². The van der Waals surface area contributed by atoms with Gasteiger partial charge in [-0.15, -0.1) is 0 Å². The summed E-state index contributed by atoms with van der Waals surface area (Å²) >= 11 is 0. The molecule has 3 amide bonds. The standard InChI is InChI=1S/C25H28FN3O4/c1-3-13-28(25(31)27-21-6-4-7-22(15-21)32-2)18-24(30)29(17-23-8-5-14-33-23)16-19-9-11-20(26)12-10-19/h4-12,14-15H,3,13,16-18H2,1-2H3,(H,27,31). The first kappa shape index (κ1) is 23.8. The number of urea groups is 1. The van der Waals surface area contributed by atoms with Crippen LogP contribution < -0.4 is 10.1 Å². The van der Waals surface area contributed by atoms with Gasteiger partial charge in [-0.1, -0.05) is 25.1 Å². The summed E-state index contributed by atoms with van der Waals surface area (Å²) in [5, 5.41) is 2.82. The molecule has 1 heterocycles. The predicted octanol–water partition coefficient (Wildman–Crippen LogP) is 4.90. The second-order valence-corrected chi connectivity index (χ2v) is 7.54. The largest absolute Gasteiger partial charge is 0.497 e. The van der Waals surface area contributed by atoms with Crippen molar-refractivity contribution in [2.45, 2.75) is 26.4 Å². The maximum Gasteiger partial charge on any atom is 0.322 e. The Kier molecular flexibility index (Phi) is 8.46. The van der Waals surface area contributed by atoms with E-state index in [1.54, 1.807) is 66.8 Å². The molecule has 0 atom stereocenters. The Morgan fingerprint density at radius 2 is 1.82 bits per heavy atom. The van der Waals surface area contributed by atoms with Crippen molar-refractivity contribution in [3.05, 3.63) is 84.1 Å². The minimum absolute atomic E-state index is 0.106. The summed E-state index contributed by atoms with van der Waals surface area (Å²) in [4.78, 5) is 29.2. The number of amides is 3. The lowest BCUT2D eigenvalue weighted by Gasteiger charge is -2.27. The number of nitrogens with one attached hydrogen (secondary N) is 1. The zero-order chi connectivity index (χ0) is 23.6. The summed E-state index contributed by atoms with van der Waals surface area (Å²) in [5.41, 5.74) is 1.35. The quantitative estimate of drug-likeness (QED) is 0.474. The van der Waals surface area contributed by atoms with Crippen LogP contribution in [0, 0.1) is 5.82 Å². The second kappa shape index (κ2) is 11.7. The number of carbonyl (C=O) groups excluding carboxylic acids is 2. The van der Waals surface area contributed by atoms with Crippen molar-refractivity contribution < 1.29 is 23.1 Å². The van der Waals surface area contributed by atoms with Gasteiger partial charge < -0.3 is 24.3 Å². The van der Waals surface area contributed by atoms with Crippen molar-refractivity contribution in [2.24, 2.45) is 0 Å². The van der Waals surface area contributed by atoms with Crippen molar-refractivity contribution in [3.63, 3.8) is 0 Å². The number of ether oxygens (including phenoxy) is 1. The van der Waals surface area contributed by atoms with E-state index >= 15 is 0 Å². The molecule has 0 saturated carbocycles. The molecule has 0 unspecified atom stereocenters. The Hall–Kier alpha value is -3.81. The minimum atomic E-state index is -0.377. The first-order valence-corrected chi connectivity index (χ1v) is 10.7. The van der Waals surface area contributed by atoms with Gasteiger partial charge in [-0.2, -0.15) is 0 Å². The Bertz CT molecular complexity index is 1040. The van der Waals surface area contributed by atoms with Crippen LogP contribution in [-0.4, -0.2) is 41.9 Å². The van der Waals surface area contributed by atoms with Gasteiger partial charge in [-0.25, -0.2) is 9.18 Å². The fraction of sp³-hybridized carbons (Fsp3) is 0.280. The number of nitrogens with zero attached hydrogens (tertiary/aromatic N) is 2. The van der Waals surface area contributed by atoms with Crippen molar-refractivity contribution in [1.29, 1.82) is 0 Å². The van der Waals surface area contributed by atoms with E-state index in [9.17, 15) is 14.0 Å². The van der Waals surface area contributed by atoms with Crippen LogP contribution in [0.1, 0.15) is 24.7 Å². The van der Waals surface area contributed by atoms with Crippen molar-refractivity contribution in [3.8, 4) is 5.75 Å². The number of hydrogen-bond donors (Lipinski definition) is 1. The zero-order valence-corrected chi connectivity index (χ0v) is 18.8. The van der Waals surface area contributed by atoms with Gasteiger partial charge in [0.15, 0.2) is 0 Å². The molecule has 3 rings (SSSR count). The van der Waals surface area contributed by atoms with E-state index in [1.165, 1.54) is 17.0 Å². The molecule has 7 nitrogen and oxygen atoms in total. The molecule has 0 aliphatic carbocycles. The summed E-state index contributed by atoms with van der Waals surface area (Å²) in [6, 6.07) is 16.2. The SMILES string of the molecule is CCCN(CC(=O)N(Cc1ccc(F)cc1)Cc1ccco1)C(=O)Nc1cccc(OC)c1. The van der Waals surface area contributed by atoms with E-state index in [1.807, 2.05) is 6.92 Å². The normalized spacial score (nSPS) is 10.5. The fourth-order valence-corrected chi connectivity index (χ4v) is 3.32. The molecule has 0 aliphatic rings. The second-order valence-electron chi connectivity index (χ2n) is 7.54. The summed E-state index contributed by atoms with van der Waals surface area (Å²) < 4.78 is 23.9. The number of rotatable bonds is 10. The van der Waals surface area contributed by atoms with Gasteiger partial charge in [0.25, 0.3) is 0 Å². The number of anilines is 1. The van der Waals surface area contributed by atoms with Gasteiger partial charge >= 0.3 is 6.03 Å². The molecule has 1 N–H and O–H groups in total. The van der Waals surface area contributed by atoms with Crippen LogP contribution in [0.2, 0.25) is 0 Å². The Balaban J connectivity index is 1.73. The van der Waals surface area contributed by atoms with Crippen LogP contribution in [-0.2, 0) is 17.9 Å². The van der Waals surface area contributed by atoms with Crippen molar-refractivity contribution in [1.82, 2.24) is 9.80 Å². The predicted molar refractivity (Wildman–Crippen MR) is 123 cm³/mol. The molecular formula is C25H28FN3O4. The van der Waals surface area contributed by atoms with E-state index in [-0.39, 0.29) is 37.4 Å². The minimum Gasteiger partial charge on any atom is -0.497 e.